The number of amides is 7. The van der Waals surface area contributed by atoms with Crippen LogP contribution in [-0.2, 0) is 14.4 Å². The normalized spacial score (nSPS) is 18.5. The third-order valence-corrected chi connectivity index (χ3v) is 10.5. The number of halogens is 2. The van der Waals surface area contributed by atoms with E-state index in [0.717, 1.165) is 11.0 Å². The first-order valence-corrected chi connectivity index (χ1v) is 19.1. The highest BCUT2D eigenvalue weighted by molar-refractivity contribution is 6.25. The number of carbonyl (C=O) groups excluding carboxylic acids is 7. The monoisotopic (exact) mass is 810 g/mol. The molecule has 1 atom stereocenters. The van der Waals surface area contributed by atoms with Gasteiger partial charge in [-0.1, -0.05) is 12.1 Å². The van der Waals surface area contributed by atoms with Gasteiger partial charge in [0, 0.05) is 61.5 Å². The maximum absolute atomic E-state index is 15.3. The van der Waals surface area contributed by atoms with Crippen LogP contribution in [-0.4, -0.2) is 101 Å². The molecule has 306 valence electrons. The number of nitrogens with one attached hydrogen (secondary N) is 6. The number of hydrogen-bond acceptors (Lipinski definition) is 11. The molecule has 7 N–H and O–H groups in total. The van der Waals surface area contributed by atoms with Crippen LogP contribution >= 0.6 is 0 Å². The van der Waals surface area contributed by atoms with Crippen molar-refractivity contribution in [2.75, 3.05) is 37.3 Å². The van der Waals surface area contributed by atoms with Crippen LogP contribution in [0.1, 0.15) is 80.0 Å². The molecular weight excluding hydrogens is 770 g/mol. The third kappa shape index (κ3) is 8.29. The standard InChI is InChI=1S/C41H40F2N8O8/c1-44-36-26-16-25(29(43)17-31(26)47-18-27(36)38(56)49-21-14-22(52)15-21)20-7-8-23(28(42)13-20)37(55)46-12-3-2-11-45-34(54)19-48-30-6-4-5-24-35(30)41(59)51(40(24)58)32-9-10-33(53)50-39(32)57/h4-8,13,16-18,21-22,32,48,52H,2-3,9-12,14-15,19H2,1H3,(H,44,47)(H,45,54)(H,46,55)(H,49,56)(H,50,53,57). The Hall–Kier alpha value is -6.82. The summed E-state index contributed by atoms with van der Waals surface area (Å²) in [5.74, 6) is -5.62. The predicted octanol–water partition coefficient (Wildman–Crippen LogP) is 2.61. The summed E-state index contributed by atoms with van der Waals surface area (Å²) < 4.78 is 30.6. The molecule has 1 aromatic heterocycles. The summed E-state index contributed by atoms with van der Waals surface area (Å²) in [6.45, 7) is 0.177. The summed E-state index contributed by atoms with van der Waals surface area (Å²) in [4.78, 5) is 93.7. The maximum Gasteiger partial charge on any atom is 0.264 e. The third-order valence-electron chi connectivity index (χ3n) is 10.5. The molecule has 1 aliphatic carbocycles. The SMILES string of the molecule is CNc1c(C(=O)NC2CC(O)C2)cnc2cc(F)c(-c3ccc(C(=O)NCCCCNC(=O)CNc4cccc5c4C(=O)N(C4CCC(=O)NC4=O)C5=O)c(F)c3)cc12. The van der Waals surface area contributed by atoms with E-state index in [4.69, 9.17) is 0 Å². The molecule has 1 unspecified atom stereocenters. The molecule has 3 heterocycles. The van der Waals surface area contributed by atoms with Crippen molar-refractivity contribution < 1.29 is 47.4 Å². The number of hydrogen-bond donors (Lipinski definition) is 7. The fraction of sp³-hybridized carbons (Fsp3) is 0.317. The molecule has 7 amide bonds. The van der Waals surface area contributed by atoms with Gasteiger partial charge in [-0.25, -0.2) is 8.78 Å². The molecule has 1 saturated heterocycles. The van der Waals surface area contributed by atoms with Gasteiger partial charge in [0.15, 0.2) is 0 Å². The van der Waals surface area contributed by atoms with Crippen LogP contribution in [0.4, 0.5) is 20.2 Å². The maximum atomic E-state index is 15.3. The Labute approximate surface area is 335 Å². The molecule has 3 aliphatic rings. The quantitative estimate of drug-likeness (QED) is 0.0724. The molecule has 1 saturated carbocycles. The van der Waals surface area contributed by atoms with Gasteiger partial charge in [0.05, 0.1) is 46.1 Å². The summed E-state index contributed by atoms with van der Waals surface area (Å²) in [6, 6.07) is 9.62. The number of anilines is 2. The molecule has 2 aliphatic heterocycles. The Kier molecular flexibility index (Phi) is 11.6. The van der Waals surface area contributed by atoms with Gasteiger partial charge in [0.1, 0.15) is 17.7 Å². The molecule has 3 aromatic carbocycles. The second-order valence-electron chi connectivity index (χ2n) is 14.5. The minimum Gasteiger partial charge on any atom is -0.393 e. The van der Waals surface area contributed by atoms with Crippen molar-refractivity contribution in [3.05, 3.63) is 88.6 Å². The lowest BCUT2D eigenvalue weighted by atomic mass is 9.89. The minimum absolute atomic E-state index is 0.0108. The first-order valence-electron chi connectivity index (χ1n) is 19.1. The minimum atomic E-state index is -1.12. The van der Waals surface area contributed by atoms with Crippen molar-refractivity contribution in [1.82, 2.24) is 31.2 Å². The van der Waals surface area contributed by atoms with Gasteiger partial charge in [-0.05, 0) is 68.0 Å². The summed E-state index contributed by atoms with van der Waals surface area (Å²) in [5.41, 5.74) is 1.18. The topological polar surface area (TPSA) is 228 Å². The molecule has 0 spiro atoms. The summed E-state index contributed by atoms with van der Waals surface area (Å²) in [6.07, 6.45) is 2.69. The van der Waals surface area contributed by atoms with Gasteiger partial charge >= 0.3 is 0 Å². The van der Waals surface area contributed by atoms with E-state index in [0.29, 0.717) is 36.8 Å². The van der Waals surface area contributed by atoms with E-state index in [-0.39, 0.29) is 83.1 Å². The molecule has 0 bridgehead atoms. The van der Waals surface area contributed by atoms with E-state index < -0.39 is 65.1 Å². The predicted molar refractivity (Wildman–Crippen MR) is 209 cm³/mol. The Bertz CT molecular complexity index is 2420. The summed E-state index contributed by atoms with van der Waals surface area (Å²) in [5, 5.41) is 26.2. The Morgan fingerprint density at radius 2 is 1.66 bits per heavy atom. The van der Waals surface area contributed by atoms with Gasteiger partial charge in [0.25, 0.3) is 23.6 Å². The number of benzene rings is 3. The Morgan fingerprint density at radius 3 is 2.37 bits per heavy atom. The van der Waals surface area contributed by atoms with Gasteiger partial charge in [-0.2, -0.15) is 0 Å². The van der Waals surface area contributed by atoms with Crippen molar-refractivity contribution in [2.45, 2.75) is 56.7 Å². The van der Waals surface area contributed by atoms with Crippen molar-refractivity contribution in [3.8, 4) is 11.1 Å². The summed E-state index contributed by atoms with van der Waals surface area (Å²) >= 11 is 0. The molecule has 0 radical (unpaired) electrons. The first-order chi connectivity index (χ1) is 28.3. The number of carbonyl (C=O) groups is 7. The van der Waals surface area contributed by atoms with Crippen LogP contribution in [0.25, 0.3) is 22.0 Å². The van der Waals surface area contributed by atoms with Crippen LogP contribution in [0.5, 0.6) is 0 Å². The van der Waals surface area contributed by atoms with Crippen LogP contribution in [0.15, 0.2) is 54.7 Å². The van der Waals surface area contributed by atoms with Gasteiger partial charge < -0.3 is 31.7 Å². The number of piperidine rings is 1. The van der Waals surface area contributed by atoms with E-state index in [1.54, 1.807) is 13.1 Å². The van der Waals surface area contributed by atoms with E-state index in [2.05, 4.69) is 36.9 Å². The number of aliphatic hydroxyl groups is 1. The Morgan fingerprint density at radius 1 is 0.898 bits per heavy atom. The van der Waals surface area contributed by atoms with Crippen molar-refractivity contribution in [3.63, 3.8) is 0 Å². The van der Waals surface area contributed by atoms with E-state index in [1.807, 2.05) is 0 Å². The number of unbranched alkanes of at least 4 members (excludes halogenated alkanes) is 1. The smallest absolute Gasteiger partial charge is 0.264 e. The van der Waals surface area contributed by atoms with E-state index in [1.165, 1.54) is 42.6 Å². The molecule has 7 rings (SSSR count). The fourth-order valence-corrected chi connectivity index (χ4v) is 7.39. The molecule has 4 aromatic rings. The van der Waals surface area contributed by atoms with Crippen LogP contribution in [0.2, 0.25) is 0 Å². The zero-order valence-electron chi connectivity index (χ0n) is 31.7. The molecule has 16 nitrogen and oxygen atoms in total. The van der Waals surface area contributed by atoms with Crippen LogP contribution in [0, 0.1) is 11.6 Å². The number of pyridine rings is 1. The van der Waals surface area contributed by atoms with E-state index >= 15 is 8.78 Å². The van der Waals surface area contributed by atoms with Crippen molar-refractivity contribution >= 4 is 63.6 Å². The van der Waals surface area contributed by atoms with E-state index in [9.17, 15) is 38.7 Å². The lowest BCUT2D eigenvalue weighted by Gasteiger charge is -2.32. The number of rotatable bonds is 14. The van der Waals surface area contributed by atoms with Crippen LogP contribution < -0.4 is 31.9 Å². The van der Waals surface area contributed by atoms with Gasteiger partial charge in [0.2, 0.25) is 17.7 Å². The number of aromatic nitrogens is 1. The van der Waals surface area contributed by atoms with Gasteiger partial charge in [-0.15, -0.1) is 0 Å². The van der Waals surface area contributed by atoms with Gasteiger partial charge in [-0.3, -0.25) is 48.8 Å². The summed E-state index contributed by atoms with van der Waals surface area (Å²) in [7, 11) is 1.61. The molecule has 18 heteroatoms. The number of aliphatic hydroxyl groups excluding tert-OH is 1. The van der Waals surface area contributed by atoms with Crippen molar-refractivity contribution in [2.24, 2.45) is 0 Å². The molecule has 2 fully saturated rings. The van der Waals surface area contributed by atoms with Crippen molar-refractivity contribution in [1.29, 1.82) is 0 Å². The highest BCUT2D eigenvalue weighted by Crippen LogP contribution is 2.35. The molecular formula is C41H40F2N8O8. The number of nitrogens with zero attached hydrogens (tertiary/aromatic N) is 2. The Balaban J connectivity index is 0.884. The highest BCUT2D eigenvalue weighted by atomic mass is 19.1. The first kappa shape index (κ1) is 40.4. The lowest BCUT2D eigenvalue weighted by Crippen LogP contribution is -2.54. The van der Waals surface area contributed by atoms with Crippen LogP contribution in [0.3, 0.4) is 0 Å². The second-order valence-corrected chi connectivity index (χ2v) is 14.5. The second kappa shape index (κ2) is 17.0. The lowest BCUT2D eigenvalue weighted by molar-refractivity contribution is -0.136. The number of fused-ring (bicyclic) bond motifs is 2. The average Bonchev–Trinajstić information content (AvgIpc) is 3.45. The largest absolute Gasteiger partial charge is 0.393 e. The number of imide groups is 2. The zero-order valence-corrected chi connectivity index (χ0v) is 31.7. The average molecular weight is 811 g/mol. The fourth-order valence-electron chi connectivity index (χ4n) is 7.39. The zero-order chi connectivity index (χ0) is 42.0. The highest BCUT2D eigenvalue weighted by Gasteiger charge is 2.45. The molecule has 59 heavy (non-hydrogen) atoms.